The van der Waals surface area contributed by atoms with Gasteiger partial charge in [-0.3, -0.25) is 4.79 Å². The van der Waals surface area contributed by atoms with Gasteiger partial charge in [0.1, 0.15) is 5.75 Å². The van der Waals surface area contributed by atoms with Gasteiger partial charge in [-0.15, -0.1) is 0 Å². The minimum Gasteiger partial charge on any atom is -0.493 e. The number of ether oxygens (including phenoxy) is 1. The van der Waals surface area contributed by atoms with Gasteiger partial charge >= 0.3 is 0 Å². The topological polar surface area (TPSA) is 32.8 Å². The fraction of sp³-hybridized carbons (Fsp3) is 0.650. The molecule has 1 atom stereocenters. The normalized spacial score (nSPS) is 23.2. The van der Waals surface area contributed by atoms with Crippen LogP contribution in [0.15, 0.2) is 24.3 Å². The van der Waals surface area contributed by atoms with E-state index in [1.54, 1.807) is 18.2 Å². The third kappa shape index (κ3) is 4.72. The molecule has 26 heavy (non-hydrogen) atoms. The molecule has 0 aliphatic carbocycles. The van der Waals surface area contributed by atoms with Gasteiger partial charge in [-0.2, -0.15) is 0 Å². The number of hydrogen-bond acceptors (Lipinski definition) is 3. The minimum absolute atomic E-state index is 0.0903. The van der Waals surface area contributed by atoms with Gasteiger partial charge in [-0.25, -0.2) is 8.78 Å². The number of halogens is 2. The third-order valence-corrected chi connectivity index (χ3v) is 5.44. The Bertz CT molecular complexity index is 614. The molecule has 6 heteroatoms. The van der Waals surface area contributed by atoms with E-state index in [2.05, 4.69) is 11.8 Å². The molecule has 2 heterocycles. The first-order valence-corrected chi connectivity index (χ1v) is 9.59. The lowest BCUT2D eigenvalue weighted by Crippen LogP contribution is -2.42. The Hall–Kier alpha value is -1.69. The maximum atomic E-state index is 13.3. The van der Waals surface area contributed by atoms with Crippen LogP contribution >= 0.6 is 0 Å². The maximum Gasteiger partial charge on any atom is 0.257 e. The minimum atomic E-state index is -2.65. The fourth-order valence-electron chi connectivity index (χ4n) is 3.75. The number of alkyl halides is 2. The van der Waals surface area contributed by atoms with Crippen LogP contribution in [0.25, 0.3) is 0 Å². The highest BCUT2D eigenvalue weighted by Gasteiger charge is 2.36. The summed E-state index contributed by atoms with van der Waals surface area (Å²) in [5.74, 6) is -2.33. The van der Waals surface area contributed by atoms with Crippen LogP contribution in [0, 0.1) is 0 Å². The second-order valence-corrected chi connectivity index (χ2v) is 7.37. The highest BCUT2D eigenvalue weighted by atomic mass is 19.3. The highest BCUT2D eigenvalue weighted by molar-refractivity contribution is 5.97. The van der Waals surface area contributed by atoms with Gasteiger partial charge in [0.15, 0.2) is 0 Å². The van der Waals surface area contributed by atoms with E-state index in [4.69, 9.17) is 4.74 Å². The Labute approximate surface area is 154 Å². The van der Waals surface area contributed by atoms with Crippen molar-refractivity contribution < 1.29 is 18.3 Å². The average Bonchev–Trinajstić information content (AvgIpc) is 3.03. The molecule has 4 nitrogen and oxygen atoms in total. The number of benzene rings is 1. The number of likely N-dealkylation sites (tertiary alicyclic amines) is 2. The van der Waals surface area contributed by atoms with Gasteiger partial charge in [0.2, 0.25) is 0 Å². The number of carbonyl (C=O) groups excluding carboxylic acids is 1. The zero-order valence-corrected chi connectivity index (χ0v) is 15.4. The van der Waals surface area contributed by atoms with E-state index in [-0.39, 0.29) is 31.8 Å². The Morgan fingerprint density at radius 3 is 2.65 bits per heavy atom. The Kier molecular flexibility index (Phi) is 6.12. The van der Waals surface area contributed by atoms with Crippen molar-refractivity contribution in [1.82, 2.24) is 9.80 Å². The molecule has 0 spiro atoms. The van der Waals surface area contributed by atoms with E-state index in [0.717, 1.165) is 19.5 Å². The van der Waals surface area contributed by atoms with E-state index in [9.17, 15) is 13.6 Å². The van der Waals surface area contributed by atoms with Crippen molar-refractivity contribution >= 4 is 5.91 Å². The lowest BCUT2D eigenvalue weighted by Gasteiger charge is -2.32. The Morgan fingerprint density at radius 2 is 1.96 bits per heavy atom. The largest absolute Gasteiger partial charge is 0.493 e. The molecule has 1 aromatic carbocycles. The first-order valence-electron chi connectivity index (χ1n) is 9.59. The number of para-hydroxylation sites is 1. The van der Waals surface area contributed by atoms with Crippen molar-refractivity contribution in [2.45, 2.75) is 51.0 Å². The average molecular weight is 366 g/mol. The molecule has 3 rings (SSSR count). The number of piperidine rings is 1. The summed E-state index contributed by atoms with van der Waals surface area (Å²) >= 11 is 0. The Morgan fingerprint density at radius 1 is 1.23 bits per heavy atom. The molecular formula is C20H28F2N2O2. The first kappa shape index (κ1) is 19.1. The van der Waals surface area contributed by atoms with Crippen LogP contribution in [-0.4, -0.2) is 60.5 Å². The van der Waals surface area contributed by atoms with Gasteiger partial charge in [0.05, 0.1) is 12.2 Å². The van der Waals surface area contributed by atoms with E-state index >= 15 is 0 Å². The smallest absolute Gasteiger partial charge is 0.257 e. The summed E-state index contributed by atoms with van der Waals surface area (Å²) < 4.78 is 32.5. The zero-order chi connectivity index (χ0) is 18.6. The van der Waals surface area contributed by atoms with Crippen molar-refractivity contribution in [3.8, 4) is 5.75 Å². The van der Waals surface area contributed by atoms with Gasteiger partial charge < -0.3 is 14.5 Å². The molecule has 2 aliphatic heterocycles. The van der Waals surface area contributed by atoms with Crippen LogP contribution in [0.4, 0.5) is 8.78 Å². The monoisotopic (exact) mass is 366 g/mol. The zero-order valence-electron chi connectivity index (χ0n) is 15.4. The summed E-state index contributed by atoms with van der Waals surface area (Å²) in [6.45, 7) is 5.13. The molecule has 0 saturated carbocycles. The second kappa shape index (κ2) is 8.33. The summed E-state index contributed by atoms with van der Waals surface area (Å²) in [4.78, 5) is 16.7. The molecule has 1 aromatic rings. The predicted molar refractivity (Wildman–Crippen MR) is 96.9 cm³/mol. The van der Waals surface area contributed by atoms with Crippen molar-refractivity contribution in [1.29, 1.82) is 0 Å². The maximum absolute atomic E-state index is 13.3. The summed E-state index contributed by atoms with van der Waals surface area (Å²) in [7, 11) is 0. The number of hydrogen-bond donors (Lipinski definition) is 0. The first-order chi connectivity index (χ1) is 12.5. The second-order valence-electron chi connectivity index (χ2n) is 7.37. The molecule has 1 unspecified atom stereocenters. The molecule has 0 aromatic heterocycles. The lowest BCUT2D eigenvalue weighted by molar-refractivity contribution is -0.0494. The van der Waals surface area contributed by atoms with Crippen LogP contribution in [0.5, 0.6) is 5.75 Å². The summed E-state index contributed by atoms with van der Waals surface area (Å²) in [6, 6.07) is 7.75. The molecule has 0 N–H and O–H groups in total. The number of nitrogens with zero attached hydrogens (tertiary/aromatic N) is 2. The standard InChI is InChI=1S/C20H28F2N2O2/c1-16-6-4-11-23(16)12-5-15-26-18-8-3-2-7-17(18)19(25)24-13-9-20(21,22)10-14-24/h2-3,7-8,16H,4-6,9-15H2,1H3. The van der Waals surface area contributed by atoms with Gasteiger partial charge in [-0.1, -0.05) is 12.1 Å². The predicted octanol–water partition coefficient (Wildman–Crippen LogP) is 3.81. The number of carbonyl (C=O) groups is 1. The molecule has 0 bridgehead atoms. The van der Waals surface area contributed by atoms with Gasteiger partial charge in [-0.05, 0) is 44.9 Å². The van der Waals surface area contributed by atoms with Crippen molar-refractivity contribution in [2.24, 2.45) is 0 Å². The van der Waals surface area contributed by atoms with Crippen molar-refractivity contribution in [2.75, 3.05) is 32.8 Å². The van der Waals surface area contributed by atoms with Crippen molar-refractivity contribution in [3.63, 3.8) is 0 Å². The molecular weight excluding hydrogens is 338 g/mol. The molecule has 0 radical (unpaired) electrons. The van der Waals surface area contributed by atoms with Gasteiger partial charge in [0.25, 0.3) is 11.8 Å². The van der Waals surface area contributed by atoms with E-state index in [0.29, 0.717) is 24.0 Å². The SMILES string of the molecule is CC1CCCN1CCCOc1ccccc1C(=O)N1CCC(F)(F)CC1. The van der Waals surface area contributed by atoms with E-state index < -0.39 is 5.92 Å². The number of rotatable bonds is 6. The lowest BCUT2D eigenvalue weighted by atomic mass is 10.1. The number of amides is 1. The van der Waals surface area contributed by atoms with Crippen LogP contribution in [0.3, 0.4) is 0 Å². The molecule has 2 fully saturated rings. The van der Waals surface area contributed by atoms with Crippen LogP contribution < -0.4 is 4.74 Å². The summed E-state index contributed by atoms with van der Waals surface area (Å²) in [5, 5.41) is 0. The molecule has 1 amide bonds. The van der Waals surface area contributed by atoms with E-state index in [1.165, 1.54) is 17.7 Å². The van der Waals surface area contributed by atoms with E-state index in [1.807, 2.05) is 6.07 Å². The fourth-order valence-corrected chi connectivity index (χ4v) is 3.75. The third-order valence-electron chi connectivity index (χ3n) is 5.44. The molecule has 144 valence electrons. The van der Waals surface area contributed by atoms with Crippen LogP contribution in [0.1, 0.15) is 49.4 Å². The van der Waals surface area contributed by atoms with Crippen LogP contribution in [-0.2, 0) is 0 Å². The summed E-state index contributed by atoms with van der Waals surface area (Å²) in [5.41, 5.74) is 0.465. The molecule has 2 saturated heterocycles. The van der Waals surface area contributed by atoms with Crippen molar-refractivity contribution in [3.05, 3.63) is 29.8 Å². The van der Waals surface area contributed by atoms with Crippen LogP contribution in [0.2, 0.25) is 0 Å². The molecule has 2 aliphatic rings. The van der Waals surface area contributed by atoms with Gasteiger partial charge in [0, 0.05) is 38.5 Å². The summed E-state index contributed by atoms with van der Waals surface area (Å²) in [6.07, 6.45) is 2.88. The highest BCUT2D eigenvalue weighted by Crippen LogP contribution is 2.29. The quantitative estimate of drug-likeness (QED) is 0.718. The Balaban J connectivity index is 1.53.